The van der Waals surface area contributed by atoms with E-state index >= 15 is 0 Å². The van der Waals surface area contributed by atoms with Gasteiger partial charge in [0.1, 0.15) is 0 Å². The summed E-state index contributed by atoms with van der Waals surface area (Å²) in [6.45, 7) is 5.38. The summed E-state index contributed by atoms with van der Waals surface area (Å²) in [7, 11) is 0. The number of carbonyl (C=O) groups excluding carboxylic acids is 2. The second-order valence-electron chi connectivity index (χ2n) is 7.33. The molecule has 0 atom stereocenters. The number of aromatic nitrogens is 3. The third kappa shape index (κ3) is 4.98. The van der Waals surface area contributed by atoms with Gasteiger partial charge in [-0.15, -0.1) is 0 Å². The van der Waals surface area contributed by atoms with E-state index in [-0.39, 0.29) is 24.1 Å². The van der Waals surface area contributed by atoms with E-state index in [0.717, 1.165) is 25.2 Å². The molecule has 10 heteroatoms. The van der Waals surface area contributed by atoms with E-state index < -0.39 is 11.7 Å². The number of halogens is 3. The van der Waals surface area contributed by atoms with Crippen LogP contribution >= 0.6 is 0 Å². The zero-order valence-corrected chi connectivity index (χ0v) is 16.9. The van der Waals surface area contributed by atoms with E-state index in [1.807, 2.05) is 4.90 Å². The first-order chi connectivity index (χ1) is 14.2. The molecule has 0 spiro atoms. The molecule has 0 saturated carbocycles. The number of alkyl halides is 3. The van der Waals surface area contributed by atoms with Crippen molar-refractivity contribution in [1.82, 2.24) is 25.0 Å². The van der Waals surface area contributed by atoms with Crippen molar-refractivity contribution >= 4 is 11.8 Å². The Balaban J connectivity index is 1.58. The first kappa shape index (κ1) is 21.8. The number of amides is 2. The van der Waals surface area contributed by atoms with Gasteiger partial charge in [-0.2, -0.15) is 18.3 Å². The average molecular weight is 423 g/mol. The van der Waals surface area contributed by atoms with Crippen molar-refractivity contribution < 1.29 is 22.8 Å². The van der Waals surface area contributed by atoms with Gasteiger partial charge in [-0.3, -0.25) is 9.59 Å². The SMILES string of the molecule is Cc1nn(-c2ccc(C(F)(F)F)cn2)c(C)c1CC(=O)NCCCN1CCCC1=O. The molecule has 0 unspecified atom stereocenters. The Bertz CT molecular complexity index is 922. The van der Waals surface area contributed by atoms with Crippen LogP contribution in [0.25, 0.3) is 5.82 Å². The Morgan fingerprint density at radius 2 is 2.03 bits per heavy atom. The summed E-state index contributed by atoms with van der Waals surface area (Å²) in [5.74, 6) is 0.247. The largest absolute Gasteiger partial charge is 0.417 e. The topological polar surface area (TPSA) is 80.1 Å². The standard InChI is InChI=1S/C20H24F3N5O2/c1-13-16(11-18(29)24-8-4-10-27-9-3-5-19(27)30)14(2)28(26-13)17-7-6-15(12-25-17)20(21,22)23/h6-7,12H,3-5,8-11H2,1-2H3,(H,24,29). The van der Waals surface area contributed by atoms with Gasteiger partial charge in [-0.05, 0) is 38.8 Å². The van der Waals surface area contributed by atoms with Crippen molar-refractivity contribution in [1.29, 1.82) is 0 Å². The first-order valence-electron chi connectivity index (χ1n) is 9.80. The maximum absolute atomic E-state index is 12.7. The van der Waals surface area contributed by atoms with Gasteiger partial charge in [0.05, 0.1) is 17.7 Å². The van der Waals surface area contributed by atoms with Crippen LogP contribution in [-0.2, 0) is 22.2 Å². The van der Waals surface area contributed by atoms with Crippen LogP contribution < -0.4 is 5.32 Å². The van der Waals surface area contributed by atoms with Crippen molar-refractivity contribution in [3.63, 3.8) is 0 Å². The summed E-state index contributed by atoms with van der Waals surface area (Å²) in [6, 6.07) is 2.21. The van der Waals surface area contributed by atoms with Crippen molar-refractivity contribution in [3.05, 3.63) is 40.8 Å². The van der Waals surface area contributed by atoms with Crippen LogP contribution in [0.2, 0.25) is 0 Å². The molecule has 162 valence electrons. The predicted molar refractivity (Wildman–Crippen MR) is 103 cm³/mol. The van der Waals surface area contributed by atoms with Crippen molar-refractivity contribution in [2.75, 3.05) is 19.6 Å². The summed E-state index contributed by atoms with van der Waals surface area (Å²) in [5.41, 5.74) is 1.15. The highest BCUT2D eigenvalue weighted by atomic mass is 19.4. The summed E-state index contributed by atoms with van der Waals surface area (Å²) < 4.78 is 39.6. The smallest absolute Gasteiger partial charge is 0.356 e. The highest BCUT2D eigenvalue weighted by Crippen LogP contribution is 2.29. The average Bonchev–Trinajstić information content (AvgIpc) is 3.22. The summed E-state index contributed by atoms with van der Waals surface area (Å²) in [5, 5.41) is 7.17. The number of nitrogens with zero attached hydrogens (tertiary/aromatic N) is 4. The monoisotopic (exact) mass is 423 g/mol. The van der Waals surface area contributed by atoms with Crippen LogP contribution in [0.3, 0.4) is 0 Å². The third-order valence-electron chi connectivity index (χ3n) is 5.17. The highest BCUT2D eigenvalue weighted by molar-refractivity contribution is 5.79. The fraction of sp³-hybridized carbons (Fsp3) is 0.500. The lowest BCUT2D eigenvalue weighted by Crippen LogP contribution is -2.31. The minimum absolute atomic E-state index is 0.112. The second kappa shape index (κ2) is 8.85. The molecule has 3 rings (SSSR count). The maximum Gasteiger partial charge on any atom is 0.417 e. The van der Waals surface area contributed by atoms with Crippen LogP contribution in [0.5, 0.6) is 0 Å². The fourth-order valence-electron chi connectivity index (χ4n) is 3.49. The molecule has 1 N–H and O–H groups in total. The van der Waals surface area contributed by atoms with E-state index in [9.17, 15) is 22.8 Å². The number of aryl methyl sites for hydroxylation is 1. The Morgan fingerprint density at radius 1 is 1.27 bits per heavy atom. The van der Waals surface area contributed by atoms with Crippen molar-refractivity contribution in [2.45, 2.75) is 45.7 Å². The van der Waals surface area contributed by atoms with Crippen molar-refractivity contribution in [2.24, 2.45) is 0 Å². The molecule has 0 aromatic carbocycles. The zero-order chi connectivity index (χ0) is 21.9. The van der Waals surface area contributed by atoms with Crippen LogP contribution in [0.1, 0.15) is 41.8 Å². The molecule has 2 aromatic rings. The molecular weight excluding hydrogens is 399 g/mol. The Kier molecular flexibility index (Phi) is 6.42. The normalized spacial score (nSPS) is 14.4. The number of rotatable bonds is 7. The van der Waals surface area contributed by atoms with E-state index in [0.29, 0.717) is 42.9 Å². The summed E-state index contributed by atoms with van der Waals surface area (Å²) >= 11 is 0. The second-order valence-corrected chi connectivity index (χ2v) is 7.33. The van der Waals surface area contributed by atoms with Crippen LogP contribution in [0, 0.1) is 13.8 Å². The van der Waals surface area contributed by atoms with Crippen LogP contribution in [0.15, 0.2) is 18.3 Å². The molecule has 1 saturated heterocycles. The van der Waals surface area contributed by atoms with Gasteiger partial charge in [0.15, 0.2) is 5.82 Å². The lowest BCUT2D eigenvalue weighted by Gasteiger charge is -2.15. The number of likely N-dealkylation sites (tertiary alicyclic amines) is 1. The molecule has 2 aromatic heterocycles. The van der Waals surface area contributed by atoms with E-state index in [1.165, 1.54) is 10.7 Å². The molecule has 3 heterocycles. The van der Waals surface area contributed by atoms with Crippen LogP contribution in [-0.4, -0.2) is 51.1 Å². The van der Waals surface area contributed by atoms with E-state index in [2.05, 4.69) is 15.4 Å². The predicted octanol–water partition coefficient (Wildman–Crippen LogP) is 2.57. The molecular formula is C20H24F3N5O2. The highest BCUT2D eigenvalue weighted by Gasteiger charge is 2.31. The molecule has 1 fully saturated rings. The minimum atomic E-state index is -4.45. The van der Waals surface area contributed by atoms with E-state index in [1.54, 1.807) is 13.8 Å². The van der Waals surface area contributed by atoms with Crippen molar-refractivity contribution in [3.8, 4) is 5.82 Å². The maximum atomic E-state index is 12.7. The first-order valence-corrected chi connectivity index (χ1v) is 9.80. The molecule has 0 bridgehead atoms. The molecule has 1 aliphatic heterocycles. The van der Waals surface area contributed by atoms with Gasteiger partial charge in [-0.1, -0.05) is 0 Å². The Morgan fingerprint density at radius 3 is 2.63 bits per heavy atom. The Hall–Kier alpha value is -2.91. The van der Waals surface area contributed by atoms with Gasteiger partial charge < -0.3 is 10.2 Å². The van der Waals surface area contributed by atoms with Gasteiger partial charge in [-0.25, -0.2) is 9.67 Å². The molecule has 1 aliphatic rings. The van der Waals surface area contributed by atoms with Gasteiger partial charge >= 0.3 is 6.18 Å². The summed E-state index contributed by atoms with van der Waals surface area (Å²) in [6.07, 6.45) is -1.40. The fourth-order valence-corrected chi connectivity index (χ4v) is 3.49. The van der Waals surface area contributed by atoms with Crippen LogP contribution in [0.4, 0.5) is 13.2 Å². The van der Waals surface area contributed by atoms with E-state index in [4.69, 9.17) is 0 Å². The minimum Gasteiger partial charge on any atom is -0.356 e. The zero-order valence-electron chi connectivity index (χ0n) is 16.9. The number of pyridine rings is 1. The van der Waals surface area contributed by atoms with Gasteiger partial charge in [0.25, 0.3) is 0 Å². The molecule has 2 amide bonds. The molecule has 0 radical (unpaired) electrons. The van der Waals surface area contributed by atoms with Gasteiger partial charge in [0, 0.05) is 43.5 Å². The summed E-state index contributed by atoms with van der Waals surface area (Å²) in [4.78, 5) is 29.6. The number of nitrogens with one attached hydrogen (secondary N) is 1. The number of carbonyl (C=O) groups is 2. The number of hydrogen-bond donors (Lipinski definition) is 1. The lowest BCUT2D eigenvalue weighted by atomic mass is 10.1. The number of hydrogen-bond acceptors (Lipinski definition) is 4. The Labute approximate surface area is 172 Å². The lowest BCUT2D eigenvalue weighted by molar-refractivity contribution is -0.137. The quantitative estimate of drug-likeness (QED) is 0.695. The third-order valence-corrected chi connectivity index (χ3v) is 5.17. The molecule has 30 heavy (non-hydrogen) atoms. The molecule has 0 aliphatic carbocycles. The molecule has 7 nitrogen and oxygen atoms in total. The van der Waals surface area contributed by atoms with Gasteiger partial charge in [0.2, 0.25) is 11.8 Å².